The Kier molecular flexibility index (Phi) is 6.99. The first-order valence-corrected chi connectivity index (χ1v) is 12.1. The topological polar surface area (TPSA) is 128 Å². The Hall–Kier alpha value is -0.980. The molecule has 0 bridgehead atoms. The Morgan fingerprint density at radius 3 is 2.29 bits per heavy atom. The van der Waals surface area contributed by atoms with Gasteiger partial charge in [-0.2, -0.15) is 0 Å². The molecule has 2 rings (SSSR count). The van der Waals surface area contributed by atoms with E-state index in [0.29, 0.717) is 5.75 Å². The summed E-state index contributed by atoms with van der Waals surface area (Å²) in [5.41, 5.74) is 0. The van der Waals surface area contributed by atoms with Crippen LogP contribution in [-0.2, 0) is 24.7 Å². The molecular formula is C14H17Cl3N2O7S2. The lowest BCUT2D eigenvalue weighted by atomic mass is 10.2. The summed E-state index contributed by atoms with van der Waals surface area (Å²) in [6.07, 6.45) is 0. The minimum absolute atomic E-state index is 0.00502. The third-order valence-corrected chi connectivity index (χ3v) is 7.67. The monoisotopic (exact) mass is 494 g/mol. The van der Waals surface area contributed by atoms with Crippen molar-refractivity contribution in [3.05, 3.63) is 18.2 Å². The van der Waals surface area contributed by atoms with Crippen LogP contribution in [0.1, 0.15) is 0 Å². The summed E-state index contributed by atoms with van der Waals surface area (Å²) in [5, 5.41) is 2.25. The quantitative estimate of drug-likeness (QED) is 0.554. The number of carbonyl (C=O) groups excluding carboxylic acids is 1. The number of sulfone groups is 1. The number of hydrogen-bond donors (Lipinski definition) is 2. The van der Waals surface area contributed by atoms with Gasteiger partial charge >= 0.3 is 0 Å². The summed E-state index contributed by atoms with van der Waals surface area (Å²) in [6, 6.07) is 1.73. The zero-order chi connectivity index (χ0) is 21.3. The van der Waals surface area contributed by atoms with Gasteiger partial charge in [-0.05, 0) is 12.1 Å². The molecule has 1 saturated heterocycles. The van der Waals surface area contributed by atoms with Crippen molar-refractivity contribution in [2.75, 3.05) is 25.7 Å². The number of alkyl halides is 3. The molecule has 1 amide bonds. The molecule has 158 valence electrons. The second-order valence-corrected chi connectivity index (χ2v) is 12.0. The fraction of sp³-hybridized carbons (Fsp3) is 0.500. The van der Waals surface area contributed by atoms with E-state index >= 15 is 0 Å². The number of hydrogen-bond acceptors (Lipinski definition) is 7. The maximum Gasteiger partial charge on any atom is 0.272 e. The zero-order valence-electron chi connectivity index (χ0n) is 14.6. The summed E-state index contributed by atoms with van der Waals surface area (Å²) in [4.78, 5) is 11.6. The molecule has 2 N–H and O–H groups in total. The SMILES string of the molecule is COc1ccc(S(=O)(=O)N[C@@H]2CS(=O)(=O)C[C@H]2NC(=O)C(Cl)(Cl)Cl)c(OC)c1. The van der Waals surface area contributed by atoms with Gasteiger partial charge in [-0.1, -0.05) is 34.8 Å². The summed E-state index contributed by atoms with van der Waals surface area (Å²) < 4.78 is 59.6. The van der Waals surface area contributed by atoms with Gasteiger partial charge in [0.2, 0.25) is 10.0 Å². The number of sulfonamides is 1. The maximum atomic E-state index is 12.8. The molecule has 1 heterocycles. The molecule has 9 nitrogen and oxygen atoms in total. The summed E-state index contributed by atoms with van der Waals surface area (Å²) >= 11 is 16.4. The number of rotatable bonds is 6. The van der Waals surface area contributed by atoms with Gasteiger partial charge in [0.25, 0.3) is 9.70 Å². The van der Waals surface area contributed by atoms with E-state index in [0.717, 1.165) is 0 Å². The molecule has 0 unspecified atom stereocenters. The predicted molar refractivity (Wildman–Crippen MR) is 105 cm³/mol. The van der Waals surface area contributed by atoms with Gasteiger partial charge in [0.1, 0.15) is 16.4 Å². The Bertz CT molecular complexity index is 962. The fourth-order valence-corrected chi connectivity index (χ4v) is 6.17. The number of ether oxygens (including phenoxy) is 2. The van der Waals surface area contributed by atoms with Crippen LogP contribution < -0.4 is 19.5 Å². The molecule has 0 spiro atoms. The van der Waals surface area contributed by atoms with Gasteiger partial charge in [-0.25, -0.2) is 21.6 Å². The van der Waals surface area contributed by atoms with Crippen LogP contribution >= 0.6 is 34.8 Å². The molecule has 14 heteroatoms. The van der Waals surface area contributed by atoms with Crippen molar-refractivity contribution < 1.29 is 31.1 Å². The number of methoxy groups -OCH3 is 2. The van der Waals surface area contributed by atoms with Crippen LogP contribution in [0.15, 0.2) is 23.1 Å². The van der Waals surface area contributed by atoms with Crippen molar-refractivity contribution >= 4 is 60.6 Å². The predicted octanol–water partition coefficient (Wildman–Crippen LogP) is 0.634. The minimum Gasteiger partial charge on any atom is -0.497 e. The molecular weight excluding hydrogens is 479 g/mol. The first kappa shape index (κ1) is 23.3. The highest BCUT2D eigenvalue weighted by Gasteiger charge is 2.43. The van der Waals surface area contributed by atoms with Crippen LogP contribution in [0, 0.1) is 0 Å². The highest BCUT2D eigenvalue weighted by Crippen LogP contribution is 2.30. The van der Waals surface area contributed by atoms with Gasteiger partial charge in [0.05, 0.1) is 37.8 Å². The molecule has 0 radical (unpaired) electrons. The van der Waals surface area contributed by atoms with Gasteiger partial charge in [-0.3, -0.25) is 4.79 Å². The van der Waals surface area contributed by atoms with E-state index in [9.17, 15) is 21.6 Å². The van der Waals surface area contributed by atoms with Crippen LogP contribution in [0.2, 0.25) is 0 Å². The highest BCUT2D eigenvalue weighted by molar-refractivity contribution is 7.92. The Balaban J connectivity index is 2.31. The van der Waals surface area contributed by atoms with Crippen LogP contribution in [0.5, 0.6) is 11.5 Å². The molecule has 2 atom stereocenters. The lowest BCUT2D eigenvalue weighted by molar-refractivity contribution is -0.120. The van der Waals surface area contributed by atoms with E-state index in [2.05, 4.69) is 10.0 Å². The molecule has 1 fully saturated rings. The van der Waals surface area contributed by atoms with Gasteiger partial charge in [0.15, 0.2) is 9.84 Å². The Labute approximate surface area is 177 Å². The fourth-order valence-electron chi connectivity index (χ4n) is 2.62. The largest absolute Gasteiger partial charge is 0.497 e. The molecule has 0 saturated carbocycles. The van der Waals surface area contributed by atoms with E-state index in [-0.39, 0.29) is 10.6 Å². The number of amides is 1. The van der Waals surface area contributed by atoms with Crippen LogP contribution in [0.25, 0.3) is 0 Å². The van der Waals surface area contributed by atoms with Crippen molar-refractivity contribution in [3.63, 3.8) is 0 Å². The van der Waals surface area contributed by atoms with Gasteiger partial charge < -0.3 is 14.8 Å². The number of halogens is 3. The first-order valence-electron chi connectivity index (χ1n) is 7.61. The molecule has 1 aliphatic rings. The summed E-state index contributed by atoms with van der Waals surface area (Å²) in [7, 11) is -5.17. The Morgan fingerprint density at radius 2 is 1.75 bits per heavy atom. The number of carbonyl (C=O) groups is 1. The van der Waals surface area contributed by atoms with Crippen molar-refractivity contribution in [3.8, 4) is 11.5 Å². The van der Waals surface area contributed by atoms with Crippen molar-refractivity contribution in [1.82, 2.24) is 10.0 Å². The van der Waals surface area contributed by atoms with Crippen molar-refractivity contribution in [2.45, 2.75) is 20.8 Å². The third-order valence-electron chi connectivity index (χ3n) is 3.89. The summed E-state index contributed by atoms with van der Waals surface area (Å²) in [5.74, 6) is -1.74. The van der Waals surface area contributed by atoms with E-state index in [1.807, 2.05) is 0 Å². The second kappa shape index (κ2) is 8.41. The lowest BCUT2D eigenvalue weighted by Gasteiger charge is -2.23. The Morgan fingerprint density at radius 1 is 1.14 bits per heavy atom. The third kappa shape index (κ3) is 5.55. The normalized spacial score (nSPS) is 21.9. The van der Waals surface area contributed by atoms with Crippen LogP contribution in [0.4, 0.5) is 0 Å². The average molecular weight is 496 g/mol. The maximum absolute atomic E-state index is 12.8. The minimum atomic E-state index is -4.21. The van der Waals surface area contributed by atoms with E-state index in [1.54, 1.807) is 0 Å². The zero-order valence-corrected chi connectivity index (χ0v) is 18.5. The van der Waals surface area contributed by atoms with Gasteiger partial charge in [-0.15, -0.1) is 0 Å². The van der Waals surface area contributed by atoms with Crippen LogP contribution in [0.3, 0.4) is 0 Å². The van der Waals surface area contributed by atoms with E-state index < -0.39 is 53.1 Å². The van der Waals surface area contributed by atoms with Crippen molar-refractivity contribution in [2.24, 2.45) is 0 Å². The molecule has 0 aliphatic carbocycles. The van der Waals surface area contributed by atoms with Crippen LogP contribution in [-0.4, -0.2) is 64.3 Å². The van der Waals surface area contributed by atoms with E-state index in [1.165, 1.54) is 32.4 Å². The van der Waals surface area contributed by atoms with Gasteiger partial charge in [0, 0.05) is 6.07 Å². The van der Waals surface area contributed by atoms with E-state index in [4.69, 9.17) is 44.3 Å². The molecule has 1 aliphatic heterocycles. The average Bonchev–Trinajstić information content (AvgIpc) is 2.85. The lowest BCUT2D eigenvalue weighted by Crippen LogP contribution is -2.53. The molecule has 0 aromatic heterocycles. The number of benzene rings is 1. The first-order chi connectivity index (χ1) is 12.8. The smallest absolute Gasteiger partial charge is 0.272 e. The molecule has 1 aromatic carbocycles. The van der Waals surface area contributed by atoms with Crippen molar-refractivity contribution in [1.29, 1.82) is 0 Å². The standard InChI is InChI=1S/C14H17Cl3N2O7S2/c1-25-8-3-4-12(11(5-8)26-2)28(23,24)19-10-7-27(21,22)6-9(10)18-13(20)14(15,16)17/h3-5,9-10,19H,6-7H2,1-2H3,(H,18,20)/t9-,10-/m1/s1. The second-order valence-electron chi connectivity index (χ2n) is 5.90. The number of nitrogens with one attached hydrogen (secondary N) is 2. The highest BCUT2D eigenvalue weighted by atomic mass is 35.6. The summed E-state index contributed by atoms with van der Waals surface area (Å²) in [6.45, 7) is 0. The molecule has 28 heavy (non-hydrogen) atoms. The molecule has 1 aromatic rings.